The second-order valence-electron chi connectivity index (χ2n) is 4.48. The fourth-order valence-electron chi connectivity index (χ4n) is 0.845. The van der Waals surface area contributed by atoms with Gasteiger partial charge in [-0.2, -0.15) is 0 Å². The first-order valence-corrected chi connectivity index (χ1v) is 5.65. The average Bonchev–Trinajstić information content (AvgIpc) is 2.21. The molecule has 3 nitrogen and oxygen atoms in total. The van der Waals surface area contributed by atoms with Crippen molar-refractivity contribution < 1.29 is 9.53 Å². The van der Waals surface area contributed by atoms with Crippen molar-refractivity contribution >= 4 is 6.29 Å². The number of allylic oxidation sites excluding steroid dienone is 2. The van der Waals surface area contributed by atoms with E-state index >= 15 is 0 Å². The lowest BCUT2D eigenvalue weighted by Gasteiger charge is -2.18. The first-order chi connectivity index (χ1) is 7.47. The molecule has 0 atom stereocenters. The maximum atomic E-state index is 10.4. The van der Waals surface area contributed by atoms with Crippen LogP contribution in [0, 0.1) is 5.92 Å². The Morgan fingerprint density at radius 1 is 1.31 bits per heavy atom. The van der Waals surface area contributed by atoms with Crippen molar-refractivity contribution in [2.75, 3.05) is 13.7 Å². The molecule has 0 amide bonds. The monoisotopic (exact) mass is 225 g/mol. The van der Waals surface area contributed by atoms with E-state index < -0.39 is 0 Å². The van der Waals surface area contributed by atoms with Crippen molar-refractivity contribution in [2.24, 2.45) is 5.92 Å². The second kappa shape index (κ2) is 7.97. The Balaban J connectivity index is 4.34. The van der Waals surface area contributed by atoms with Crippen LogP contribution in [-0.2, 0) is 9.53 Å². The van der Waals surface area contributed by atoms with E-state index in [2.05, 4.69) is 32.6 Å². The van der Waals surface area contributed by atoms with Gasteiger partial charge in [0.15, 0.2) is 0 Å². The quantitative estimate of drug-likeness (QED) is 0.289. The van der Waals surface area contributed by atoms with Crippen LogP contribution in [0.3, 0.4) is 0 Å². The molecule has 0 aromatic heterocycles. The number of hydrogen-bond donors (Lipinski definition) is 0. The van der Waals surface area contributed by atoms with Crippen molar-refractivity contribution in [1.29, 1.82) is 0 Å². The standard InChI is InChI=1S/C13H23NO2/c1-11(2)10-16-13(7-9-15)6-8-14(5)12(3)4/h6-9,11-12H,10H2,1-5H3/b8-6-,13-7+. The highest BCUT2D eigenvalue weighted by atomic mass is 16.5. The van der Waals surface area contributed by atoms with Gasteiger partial charge in [0.2, 0.25) is 0 Å². The third-order valence-corrected chi connectivity index (χ3v) is 2.10. The molecule has 0 bridgehead atoms. The number of nitrogens with zero attached hydrogens (tertiary/aromatic N) is 1. The second-order valence-corrected chi connectivity index (χ2v) is 4.48. The first-order valence-electron chi connectivity index (χ1n) is 5.65. The molecule has 0 spiro atoms. The summed E-state index contributed by atoms with van der Waals surface area (Å²) >= 11 is 0. The van der Waals surface area contributed by atoms with E-state index in [-0.39, 0.29) is 0 Å². The lowest BCUT2D eigenvalue weighted by Crippen LogP contribution is -2.19. The van der Waals surface area contributed by atoms with Crippen LogP contribution in [0.25, 0.3) is 0 Å². The van der Waals surface area contributed by atoms with Crippen molar-refractivity contribution in [3.05, 3.63) is 24.1 Å². The van der Waals surface area contributed by atoms with Gasteiger partial charge in [0.1, 0.15) is 12.0 Å². The molecular formula is C13H23NO2. The summed E-state index contributed by atoms with van der Waals surface area (Å²) in [6.07, 6.45) is 5.92. The highest BCUT2D eigenvalue weighted by Crippen LogP contribution is 2.04. The largest absolute Gasteiger partial charge is 0.493 e. The van der Waals surface area contributed by atoms with Gasteiger partial charge in [0, 0.05) is 25.4 Å². The number of hydrogen-bond acceptors (Lipinski definition) is 3. The van der Waals surface area contributed by atoms with E-state index in [9.17, 15) is 4.79 Å². The van der Waals surface area contributed by atoms with Crippen molar-refractivity contribution in [3.8, 4) is 0 Å². The first kappa shape index (κ1) is 14.8. The van der Waals surface area contributed by atoms with Crippen LogP contribution in [0.15, 0.2) is 24.1 Å². The molecule has 0 unspecified atom stereocenters. The molecule has 0 saturated carbocycles. The van der Waals surface area contributed by atoms with Crippen molar-refractivity contribution in [1.82, 2.24) is 4.90 Å². The van der Waals surface area contributed by atoms with Gasteiger partial charge < -0.3 is 9.64 Å². The summed E-state index contributed by atoms with van der Waals surface area (Å²) in [5.74, 6) is 1.06. The fourth-order valence-corrected chi connectivity index (χ4v) is 0.845. The molecule has 0 aromatic carbocycles. The molecule has 0 aliphatic rings. The van der Waals surface area contributed by atoms with E-state index in [0.29, 0.717) is 24.3 Å². The van der Waals surface area contributed by atoms with Crippen LogP contribution in [0.4, 0.5) is 0 Å². The maximum Gasteiger partial charge on any atom is 0.146 e. The van der Waals surface area contributed by atoms with Crippen molar-refractivity contribution in [3.63, 3.8) is 0 Å². The summed E-state index contributed by atoms with van der Waals surface area (Å²) in [7, 11) is 1.99. The predicted molar refractivity (Wildman–Crippen MR) is 67.0 cm³/mol. The molecule has 0 rings (SSSR count). The van der Waals surface area contributed by atoms with Crippen LogP contribution in [-0.4, -0.2) is 30.9 Å². The minimum Gasteiger partial charge on any atom is -0.493 e. The third kappa shape index (κ3) is 7.10. The zero-order valence-electron chi connectivity index (χ0n) is 10.9. The molecule has 0 N–H and O–H groups in total. The summed E-state index contributed by atoms with van der Waals surface area (Å²) < 4.78 is 5.49. The van der Waals surface area contributed by atoms with E-state index in [4.69, 9.17) is 4.74 Å². The van der Waals surface area contributed by atoms with Gasteiger partial charge in [-0.15, -0.1) is 0 Å². The topological polar surface area (TPSA) is 29.5 Å². The van der Waals surface area contributed by atoms with Crippen molar-refractivity contribution in [2.45, 2.75) is 33.7 Å². The van der Waals surface area contributed by atoms with Gasteiger partial charge in [-0.3, -0.25) is 4.79 Å². The van der Waals surface area contributed by atoms with Gasteiger partial charge in [0.05, 0.1) is 6.61 Å². The van der Waals surface area contributed by atoms with Gasteiger partial charge in [-0.25, -0.2) is 0 Å². The molecule has 0 radical (unpaired) electrons. The van der Waals surface area contributed by atoms with E-state index in [1.54, 1.807) is 0 Å². The Morgan fingerprint density at radius 3 is 2.38 bits per heavy atom. The molecular weight excluding hydrogens is 202 g/mol. The van der Waals surface area contributed by atoms with Crippen LogP contribution in [0.2, 0.25) is 0 Å². The number of carbonyl (C=O) groups excluding carboxylic acids is 1. The molecule has 0 saturated heterocycles. The van der Waals surface area contributed by atoms with Gasteiger partial charge >= 0.3 is 0 Å². The Bertz CT molecular complexity index is 255. The Kier molecular flexibility index (Phi) is 7.34. The van der Waals surface area contributed by atoms with Crippen LogP contribution in [0.1, 0.15) is 27.7 Å². The molecule has 0 fully saturated rings. The zero-order chi connectivity index (χ0) is 12.6. The summed E-state index contributed by atoms with van der Waals surface area (Å²) in [6, 6.07) is 0.429. The zero-order valence-corrected chi connectivity index (χ0v) is 10.9. The van der Waals surface area contributed by atoms with E-state index in [0.717, 1.165) is 6.29 Å². The molecule has 0 aliphatic carbocycles. The fraction of sp³-hybridized carbons (Fsp3) is 0.615. The number of aldehydes is 1. The Labute approximate surface area is 98.8 Å². The predicted octanol–water partition coefficient (Wildman–Crippen LogP) is 2.60. The summed E-state index contributed by atoms with van der Waals surface area (Å²) in [5.41, 5.74) is 0. The number of rotatable bonds is 7. The average molecular weight is 225 g/mol. The summed E-state index contributed by atoms with van der Waals surface area (Å²) in [4.78, 5) is 12.5. The summed E-state index contributed by atoms with van der Waals surface area (Å²) in [5, 5.41) is 0. The minimum absolute atomic E-state index is 0.429. The highest BCUT2D eigenvalue weighted by Gasteiger charge is 1.99. The van der Waals surface area contributed by atoms with E-state index in [1.807, 2.05) is 19.3 Å². The lowest BCUT2D eigenvalue weighted by atomic mass is 10.2. The van der Waals surface area contributed by atoms with Gasteiger partial charge in [-0.1, -0.05) is 13.8 Å². The van der Waals surface area contributed by atoms with Crippen LogP contribution >= 0.6 is 0 Å². The molecule has 0 heterocycles. The lowest BCUT2D eigenvalue weighted by molar-refractivity contribution is -0.104. The van der Waals surface area contributed by atoms with Gasteiger partial charge in [0.25, 0.3) is 0 Å². The molecule has 0 aromatic rings. The SMILES string of the molecule is CC(C)COC(/C=C\N(C)C(C)C)=C/C=O. The molecule has 16 heavy (non-hydrogen) atoms. The van der Waals surface area contributed by atoms with Gasteiger partial charge in [-0.05, 0) is 25.8 Å². The molecule has 0 aliphatic heterocycles. The smallest absolute Gasteiger partial charge is 0.146 e. The van der Waals surface area contributed by atoms with Crippen LogP contribution < -0.4 is 0 Å². The number of carbonyl (C=O) groups is 1. The van der Waals surface area contributed by atoms with Crippen LogP contribution in [0.5, 0.6) is 0 Å². The maximum absolute atomic E-state index is 10.4. The Morgan fingerprint density at radius 2 is 1.94 bits per heavy atom. The third-order valence-electron chi connectivity index (χ3n) is 2.10. The molecule has 92 valence electrons. The van der Waals surface area contributed by atoms with E-state index in [1.165, 1.54) is 6.08 Å². The normalized spacial score (nSPS) is 12.6. The summed E-state index contributed by atoms with van der Waals surface area (Å²) in [6.45, 7) is 8.96. The molecule has 3 heteroatoms. The minimum atomic E-state index is 0.429. The Hall–Kier alpha value is -1.25. The highest BCUT2D eigenvalue weighted by molar-refractivity contribution is 5.66. The number of ether oxygens (including phenoxy) is 1.